The van der Waals surface area contributed by atoms with Crippen LogP contribution in [0.1, 0.15) is 19.3 Å². The minimum atomic E-state index is -0.766. The largest absolute Gasteiger partial charge is 0.481 e. The molecule has 0 bridgehead atoms. The van der Waals surface area contributed by atoms with Gasteiger partial charge in [-0.15, -0.1) is 11.8 Å². The molecule has 0 aliphatic heterocycles. The van der Waals surface area contributed by atoms with Crippen molar-refractivity contribution < 1.29 is 14.7 Å². The molecule has 20 heavy (non-hydrogen) atoms. The second-order valence-corrected chi connectivity index (χ2v) is 6.34. The molecule has 6 heteroatoms. The van der Waals surface area contributed by atoms with Crippen LogP contribution in [0, 0.1) is 5.92 Å². The number of rotatable bonds is 5. The zero-order valence-electron chi connectivity index (χ0n) is 10.8. The molecule has 0 unspecified atom stereocenters. The molecule has 2 N–H and O–H groups in total. The lowest BCUT2D eigenvalue weighted by Crippen LogP contribution is -2.34. The SMILES string of the molecule is O=C(CSc1ccc(Cl)cc1)N[C@H]1CC[C@@H](C(=O)O)C1. The highest BCUT2D eigenvalue weighted by atomic mass is 35.5. The lowest BCUT2D eigenvalue weighted by atomic mass is 10.1. The van der Waals surface area contributed by atoms with Crippen molar-refractivity contribution in [3.8, 4) is 0 Å². The minimum Gasteiger partial charge on any atom is -0.481 e. The predicted octanol–water partition coefficient (Wildman–Crippen LogP) is 2.80. The van der Waals surface area contributed by atoms with Gasteiger partial charge in [-0.3, -0.25) is 9.59 Å². The predicted molar refractivity (Wildman–Crippen MR) is 79.1 cm³/mol. The summed E-state index contributed by atoms with van der Waals surface area (Å²) in [7, 11) is 0. The van der Waals surface area contributed by atoms with Gasteiger partial charge >= 0.3 is 5.97 Å². The van der Waals surface area contributed by atoms with Crippen LogP contribution in [0.4, 0.5) is 0 Å². The number of benzene rings is 1. The Morgan fingerprint density at radius 1 is 1.30 bits per heavy atom. The van der Waals surface area contributed by atoms with Gasteiger partial charge in [-0.05, 0) is 43.5 Å². The third-order valence-electron chi connectivity index (χ3n) is 3.33. The number of carbonyl (C=O) groups excluding carboxylic acids is 1. The van der Waals surface area contributed by atoms with Crippen LogP contribution in [-0.2, 0) is 9.59 Å². The molecule has 108 valence electrons. The lowest BCUT2D eigenvalue weighted by molar-refractivity contribution is -0.141. The molecule has 1 aliphatic carbocycles. The quantitative estimate of drug-likeness (QED) is 0.820. The van der Waals surface area contributed by atoms with Gasteiger partial charge in [0.2, 0.25) is 5.91 Å². The van der Waals surface area contributed by atoms with Gasteiger partial charge in [-0.1, -0.05) is 11.6 Å². The number of thioether (sulfide) groups is 1. The van der Waals surface area contributed by atoms with Gasteiger partial charge in [0.15, 0.2) is 0 Å². The van der Waals surface area contributed by atoms with E-state index in [-0.39, 0.29) is 17.9 Å². The van der Waals surface area contributed by atoms with E-state index >= 15 is 0 Å². The van der Waals surface area contributed by atoms with Crippen molar-refractivity contribution in [2.75, 3.05) is 5.75 Å². The molecule has 0 heterocycles. The molecule has 1 fully saturated rings. The van der Waals surface area contributed by atoms with Crippen LogP contribution in [0.15, 0.2) is 29.2 Å². The minimum absolute atomic E-state index is 0.00517. The maximum Gasteiger partial charge on any atom is 0.306 e. The van der Waals surface area contributed by atoms with Gasteiger partial charge in [0.05, 0.1) is 11.7 Å². The first-order chi connectivity index (χ1) is 9.54. The normalized spacial score (nSPS) is 21.6. The molecule has 0 saturated heterocycles. The maximum atomic E-state index is 11.8. The molecule has 1 saturated carbocycles. The smallest absolute Gasteiger partial charge is 0.306 e. The van der Waals surface area contributed by atoms with Gasteiger partial charge in [-0.2, -0.15) is 0 Å². The molecule has 1 amide bonds. The monoisotopic (exact) mass is 313 g/mol. The zero-order valence-corrected chi connectivity index (χ0v) is 12.4. The van der Waals surface area contributed by atoms with E-state index < -0.39 is 5.97 Å². The summed E-state index contributed by atoms with van der Waals surface area (Å²) >= 11 is 7.23. The van der Waals surface area contributed by atoms with Crippen molar-refractivity contribution in [2.45, 2.75) is 30.2 Å². The highest BCUT2D eigenvalue weighted by molar-refractivity contribution is 8.00. The van der Waals surface area contributed by atoms with E-state index in [4.69, 9.17) is 16.7 Å². The molecule has 0 radical (unpaired) electrons. The summed E-state index contributed by atoms with van der Waals surface area (Å²) in [5.41, 5.74) is 0. The third kappa shape index (κ3) is 4.42. The van der Waals surface area contributed by atoms with E-state index in [1.54, 1.807) is 12.1 Å². The maximum absolute atomic E-state index is 11.8. The average molecular weight is 314 g/mol. The Kier molecular flexibility index (Phi) is 5.31. The fourth-order valence-electron chi connectivity index (χ4n) is 2.29. The standard InChI is InChI=1S/C14H16ClNO3S/c15-10-2-5-12(6-3-10)20-8-13(17)16-11-4-1-9(7-11)14(18)19/h2-3,5-6,9,11H,1,4,7-8H2,(H,16,17)(H,18,19)/t9-,11+/m1/s1. The lowest BCUT2D eigenvalue weighted by Gasteiger charge is -2.12. The summed E-state index contributed by atoms with van der Waals surface area (Å²) in [5, 5.41) is 12.5. The second kappa shape index (κ2) is 6.99. The van der Waals surface area contributed by atoms with Crippen LogP contribution in [0.5, 0.6) is 0 Å². The number of nitrogens with one attached hydrogen (secondary N) is 1. The molecular weight excluding hydrogens is 298 g/mol. The van der Waals surface area contributed by atoms with Crippen LogP contribution >= 0.6 is 23.4 Å². The number of halogens is 1. The van der Waals surface area contributed by atoms with Gasteiger partial charge in [0.1, 0.15) is 0 Å². The molecule has 4 nitrogen and oxygen atoms in total. The first kappa shape index (κ1) is 15.2. The molecule has 1 aliphatic rings. The van der Waals surface area contributed by atoms with Crippen molar-refractivity contribution in [1.82, 2.24) is 5.32 Å². The zero-order chi connectivity index (χ0) is 14.5. The van der Waals surface area contributed by atoms with Crippen LogP contribution in [0.3, 0.4) is 0 Å². The van der Waals surface area contributed by atoms with Gasteiger partial charge < -0.3 is 10.4 Å². The number of amides is 1. The third-order valence-corrected chi connectivity index (χ3v) is 4.59. The molecule has 0 aromatic heterocycles. The Morgan fingerprint density at radius 3 is 2.60 bits per heavy atom. The Morgan fingerprint density at radius 2 is 2.00 bits per heavy atom. The van der Waals surface area contributed by atoms with Crippen LogP contribution in [0.25, 0.3) is 0 Å². The Balaban J connectivity index is 1.73. The summed E-state index contributed by atoms with van der Waals surface area (Å²) in [6, 6.07) is 7.31. The highest BCUT2D eigenvalue weighted by Gasteiger charge is 2.30. The molecule has 0 spiro atoms. The second-order valence-electron chi connectivity index (χ2n) is 4.86. The van der Waals surface area contributed by atoms with Crippen molar-refractivity contribution in [3.05, 3.63) is 29.3 Å². The van der Waals surface area contributed by atoms with Gasteiger partial charge in [0.25, 0.3) is 0 Å². The average Bonchev–Trinajstić information content (AvgIpc) is 2.87. The fourth-order valence-corrected chi connectivity index (χ4v) is 3.12. The van der Waals surface area contributed by atoms with Crippen LogP contribution in [-0.4, -0.2) is 28.8 Å². The number of carboxylic acid groups (broad SMARTS) is 1. The summed E-state index contributed by atoms with van der Waals surface area (Å²) < 4.78 is 0. The van der Waals surface area contributed by atoms with Crippen molar-refractivity contribution in [1.29, 1.82) is 0 Å². The van der Waals surface area contributed by atoms with E-state index in [1.165, 1.54) is 11.8 Å². The van der Waals surface area contributed by atoms with E-state index in [1.807, 2.05) is 12.1 Å². The number of carbonyl (C=O) groups is 2. The number of aliphatic carboxylic acids is 1. The first-order valence-electron chi connectivity index (χ1n) is 6.45. The van der Waals surface area contributed by atoms with Crippen molar-refractivity contribution in [2.24, 2.45) is 5.92 Å². The Bertz CT molecular complexity index is 492. The van der Waals surface area contributed by atoms with Crippen molar-refractivity contribution in [3.63, 3.8) is 0 Å². The first-order valence-corrected chi connectivity index (χ1v) is 7.81. The van der Waals surface area contributed by atoms with Crippen LogP contribution < -0.4 is 5.32 Å². The van der Waals surface area contributed by atoms with Crippen molar-refractivity contribution >= 4 is 35.2 Å². The van der Waals surface area contributed by atoms with Crippen LogP contribution in [0.2, 0.25) is 5.02 Å². The van der Waals surface area contributed by atoms with E-state index in [0.717, 1.165) is 11.3 Å². The molecule has 2 atom stereocenters. The van der Waals surface area contributed by atoms with E-state index in [2.05, 4.69) is 5.32 Å². The summed E-state index contributed by atoms with van der Waals surface area (Å²) in [4.78, 5) is 23.6. The van der Waals surface area contributed by atoms with E-state index in [9.17, 15) is 9.59 Å². The number of carboxylic acids is 1. The summed E-state index contributed by atoms with van der Waals surface area (Å²) in [6.45, 7) is 0. The highest BCUT2D eigenvalue weighted by Crippen LogP contribution is 2.26. The van der Waals surface area contributed by atoms with Gasteiger partial charge in [0, 0.05) is 16.0 Å². The number of hydrogen-bond donors (Lipinski definition) is 2. The van der Waals surface area contributed by atoms with E-state index in [0.29, 0.717) is 23.6 Å². The summed E-state index contributed by atoms with van der Waals surface area (Å²) in [5.74, 6) is -0.807. The molecule has 2 rings (SSSR count). The Labute approximate surface area is 126 Å². The summed E-state index contributed by atoms with van der Waals surface area (Å²) in [6.07, 6.45) is 1.92. The fraction of sp³-hybridized carbons (Fsp3) is 0.429. The number of hydrogen-bond acceptors (Lipinski definition) is 3. The topological polar surface area (TPSA) is 66.4 Å². The molecule has 1 aromatic carbocycles. The molecule has 1 aromatic rings. The Hall–Kier alpha value is -1.20. The van der Waals surface area contributed by atoms with Gasteiger partial charge in [-0.25, -0.2) is 0 Å². The molecular formula is C14H16ClNO3S.